The molecular formula is C11H12BNO. The Labute approximate surface area is 84.6 Å². The fourth-order valence-electron chi connectivity index (χ4n) is 1.87. The van der Waals surface area contributed by atoms with Gasteiger partial charge in [-0.15, -0.1) is 0 Å². The van der Waals surface area contributed by atoms with Crippen molar-refractivity contribution in [1.29, 1.82) is 5.26 Å². The van der Waals surface area contributed by atoms with Crippen molar-refractivity contribution in [3.05, 3.63) is 29.8 Å². The monoisotopic (exact) mass is 185 g/mol. The highest BCUT2D eigenvalue weighted by molar-refractivity contribution is 6.68. The van der Waals surface area contributed by atoms with Gasteiger partial charge in [0.2, 0.25) is 0 Å². The predicted octanol–water partition coefficient (Wildman–Crippen LogP) is 1.57. The van der Waals surface area contributed by atoms with E-state index in [2.05, 4.69) is 6.07 Å². The predicted molar refractivity (Wildman–Crippen MR) is 56.5 cm³/mol. The lowest BCUT2D eigenvalue weighted by molar-refractivity contribution is 0.294. The molecule has 1 aliphatic rings. The molecule has 1 saturated heterocycles. The van der Waals surface area contributed by atoms with Gasteiger partial charge in [-0.3, -0.25) is 0 Å². The van der Waals surface area contributed by atoms with Gasteiger partial charge in [0.1, 0.15) is 0 Å². The van der Waals surface area contributed by atoms with Gasteiger partial charge in [-0.05, 0) is 24.3 Å². The summed E-state index contributed by atoms with van der Waals surface area (Å²) in [5, 5.41) is 8.94. The highest BCUT2D eigenvalue weighted by atomic mass is 16.4. The second-order valence-electron chi connectivity index (χ2n) is 3.55. The van der Waals surface area contributed by atoms with E-state index in [1.165, 1.54) is 6.42 Å². The van der Waals surface area contributed by atoms with Gasteiger partial charge in [0.15, 0.2) is 0 Å². The molecule has 3 heteroatoms. The van der Waals surface area contributed by atoms with E-state index >= 15 is 0 Å². The summed E-state index contributed by atoms with van der Waals surface area (Å²) in [6, 6.07) is 9.92. The van der Waals surface area contributed by atoms with Crippen LogP contribution >= 0.6 is 0 Å². The van der Waals surface area contributed by atoms with Crippen LogP contribution in [-0.2, 0) is 4.65 Å². The van der Waals surface area contributed by atoms with Gasteiger partial charge in [0.25, 0.3) is 0 Å². The van der Waals surface area contributed by atoms with Crippen molar-refractivity contribution in [1.82, 2.24) is 0 Å². The summed E-state index contributed by atoms with van der Waals surface area (Å²) in [7, 11) is 0. The zero-order valence-corrected chi connectivity index (χ0v) is 8.07. The summed E-state index contributed by atoms with van der Waals surface area (Å²) in [6.45, 7) is 0.962. The quantitative estimate of drug-likeness (QED) is 0.622. The Hall–Kier alpha value is -1.27. The number of nitrogens with zero attached hydrogens (tertiary/aromatic N) is 1. The van der Waals surface area contributed by atoms with Crippen LogP contribution in [0.4, 0.5) is 0 Å². The van der Waals surface area contributed by atoms with Crippen molar-refractivity contribution in [2.45, 2.75) is 19.2 Å². The third-order valence-corrected chi connectivity index (χ3v) is 2.61. The minimum Gasteiger partial charge on any atom is -0.431 e. The van der Waals surface area contributed by atoms with E-state index < -0.39 is 0 Å². The van der Waals surface area contributed by atoms with Crippen LogP contribution in [0.1, 0.15) is 18.4 Å². The highest BCUT2D eigenvalue weighted by Gasteiger charge is 2.23. The lowest BCUT2D eigenvalue weighted by atomic mass is 9.55. The molecule has 0 unspecified atom stereocenters. The van der Waals surface area contributed by atoms with E-state index in [1.54, 1.807) is 0 Å². The van der Waals surface area contributed by atoms with Crippen molar-refractivity contribution in [3.8, 4) is 6.07 Å². The van der Waals surface area contributed by atoms with Crippen LogP contribution in [-0.4, -0.2) is 13.5 Å². The van der Waals surface area contributed by atoms with Gasteiger partial charge in [0, 0.05) is 12.2 Å². The van der Waals surface area contributed by atoms with Gasteiger partial charge in [-0.25, -0.2) is 0 Å². The maximum Gasteiger partial charge on any atom is 0.327 e. The molecule has 0 aromatic heterocycles. The Kier molecular flexibility index (Phi) is 2.85. The fourth-order valence-corrected chi connectivity index (χ4v) is 1.87. The first-order valence-electron chi connectivity index (χ1n) is 5.02. The van der Waals surface area contributed by atoms with Crippen molar-refractivity contribution in [2.24, 2.45) is 0 Å². The van der Waals surface area contributed by atoms with Crippen LogP contribution in [0.2, 0.25) is 6.32 Å². The summed E-state index contributed by atoms with van der Waals surface area (Å²) < 4.78 is 5.66. The summed E-state index contributed by atoms with van der Waals surface area (Å²) in [4.78, 5) is 0. The van der Waals surface area contributed by atoms with E-state index in [4.69, 9.17) is 9.92 Å². The SMILES string of the molecule is N#Cc1ccccc1B1CCCCO1. The number of rotatable bonds is 1. The molecule has 0 amide bonds. The molecule has 0 saturated carbocycles. The van der Waals surface area contributed by atoms with E-state index in [0.29, 0.717) is 0 Å². The van der Waals surface area contributed by atoms with Crippen LogP contribution in [0.5, 0.6) is 0 Å². The highest BCUT2D eigenvalue weighted by Crippen LogP contribution is 2.12. The standard InChI is InChI=1S/C11H12BNO/c13-9-10-5-1-2-6-11(10)12-7-3-4-8-14-12/h1-2,5-6H,3-4,7-8H2. The van der Waals surface area contributed by atoms with Crippen LogP contribution < -0.4 is 5.46 Å². The van der Waals surface area contributed by atoms with Crippen LogP contribution in [0.3, 0.4) is 0 Å². The fraction of sp³-hybridized carbons (Fsp3) is 0.364. The molecule has 0 spiro atoms. The van der Waals surface area contributed by atoms with E-state index in [9.17, 15) is 0 Å². The third-order valence-electron chi connectivity index (χ3n) is 2.61. The Bertz CT molecular complexity index is 353. The molecule has 0 N–H and O–H groups in total. The van der Waals surface area contributed by atoms with E-state index in [-0.39, 0.29) is 6.92 Å². The van der Waals surface area contributed by atoms with Gasteiger partial charge in [0.05, 0.1) is 6.07 Å². The van der Waals surface area contributed by atoms with Crippen molar-refractivity contribution >= 4 is 12.4 Å². The first-order valence-corrected chi connectivity index (χ1v) is 5.02. The van der Waals surface area contributed by atoms with E-state index in [0.717, 1.165) is 30.4 Å². The molecular weight excluding hydrogens is 173 g/mol. The van der Waals surface area contributed by atoms with Crippen LogP contribution in [0.25, 0.3) is 0 Å². The summed E-state index contributed by atoms with van der Waals surface area (Å²) in [5.74, 6) is 0. The molecule has 1 aliphatic heterocycles. The van der Waals surface area contributed by atoms with Crippen LogP contribution in [0.15, 0.2) is 24.3 Å². The largest absolute Gasteiger partial charge is 0.431 e. The molecule has 0 bridgehead atoms. The number of nitriles is 1. The summed E-state index contributed by atoms with van der Waals surface area (Å²) >= 11 is 0. The van der Waals surface area contributed by atoms with Gasteiger partial charge in [-0.1, -0.05) is 24.6 Å². The first kappa shape index (κ1) is 9.30. The Balaban J connectivity index is 2.26. The second-order valence-corrected chi connectivity index (χ2v) is 3.55. The molecule has 14 heavy (non-hydrogen) atoms. The topological polar surface area (TPSA) is 33.0 Å². The van der Waals surface area contributed by atoms with Gasteiger partial charge in [-0.2, -0.15) is 5.26 Å². The molecule has 0 atom stereocenters. The smallest absolute Gasteiger partial charge is 0.327 e. The molecule has 1 aromatic carbocycles. The zero-order chi connectivity index (χ0) is 9.80. The lowest BCUT2D eigenvalue weighted by Crippen LogP contribution is -2.38. The minimum atomic E-state index is 0.139. The zero-order valence-electron chi connectivity index (χ0n) is 8.07. The molecule has 2 nitrogen and oxygen atoms in total. The number of hydrogen-bond acceptors (Lipinski definition) is 2. The average Bonchev–Trinajstić information content (AvgIpc) is 2.30. The maximum absolute atomic E-state index is 8.94. The van der Waals surface area contributed by atoms with E-state index in [1.807, 2.05) is 24.3 Å². The maximum atomic E-state index is 8.94. The average molecular weight is 185 g/mol. The summed E-state index contributed by atoms with van der Waals surface area (Å²) in [5.41, 5.74) is 1.80. The molecule has 0 aliphatic carbocycles. The number of benzene rings is 1. The Morgan fingerprint density at radius 2 is 2.14 bits per heavy atom. The van der Waals surface area contributed by atoms with Crippen molar-refractivity contribution < 1.29 is 4.65 Å². The van der Waals surface area contributed by atoms with Crippen LogP contribution in [0, 0.1) is 11.3 Å². The molecule has 2 rings (SSSR count). The normalized spacial score (nSPS) is 16.4. The minimum absolute atomic E-state index is 0.139. The molecule has 0 radical (unpaired) electrons. The van der Waals surface area contributed by atoms with Gasteiger partial charge < -0.3 is 4.65 Å². The second kappa shape index (κ2) is 4.30. The number of hydrogen-bond donors (Lipinski definition) is 0. The Morgan fingerprint density at radius 3 is 2.86 bits per heavy atom. The van der Waals surface area contributed by atoms with Gasteiger partial charge >= 0.3 is 6.92 Å². The molecule has 70 valence electrons. The third kappa shape index (κ3) is 1.81. The molecule has 1 fully saturated rings. The summed E-state index contributed by atoms with van der Waals surface area (Å²) in [6.07, 6.45) is 3.38. The molecule has 1 heterocycles. The van der Waals surface area contributed by atoms with Crippen molar-refractivity contribution in [2.75, 3.05) is 6.61 Å². The Morgan fingerprint density at radius 1 is 1.29 bits per heavy atom. The molecule has 1 aromatic rings. The first-order chi connectivity index (χ1) is 6.92. The lowest BCUT2D eigenvalue weighted by Gasteiger charge is -2.20. The van der Waals surface area contributed by atoms with Crippen molar-refractivity contribution in [3.63, 3.8) is 0 Å².